The number of hydrogen-bond donors (Lipinski definition) is 0. The van der Waals surface area contributed by atoms with Crippen molar-refractivity contribution < 1.29 is 4.74 Å². The Labute approximate surface area is 191 Å². The smallest absolute Gasteiger partial charge is 0.209 e. The fourth-order valence-corrected chi connectivity index (χ4v) is 5.08. The van der Waals surface area contributed by atoms with E-state index in [0.717, 1.165) is 30.2 Å². The van der Waals surface area contributed by atoms with Crippen LogP contribution in [0.3, 0.4) is 0 Å². The molecule has 4 heterocycles. The molecule has 7 heteroatoms. The lowest BCUT2D eigenvalue weighted by molar-refractivity contribution is 0.0906. The average molecular weight is 440 g/mol. The Balaban J connectivity index is 1.38. The van der Waals surface area contributed by atoms with Crippen LogP contribution in [0, 0.1) is 6.92 Å². The zero-order valence-electron chi connectivity index (χ0n) is 18.5. The molecule has 0 aliphatic carbocycles. The van der Waals surface area contributed by atoms with Crippen molar-refractivity contribution in [3.8, 4) is 22.8 Å². The molecule has 7 nitrogen and oxygen atoms in total. The van der Waals surface area contributed by atoms with E-state index in [-0.39, 0.29) is 5.43 Å². The SMILES string of the molecule is Cc1cc(N2C3CCC2COC3)ccc1-n1ccc(=O)c(-c2ccnn2-c2ccccc2)n1. The van der Waals surface area contributed by atoms with E-state index < -0.39 is 0 Å². The van der Waals surface area contributed by atoms with Crippen LogP contribution in [0.1, 0.15) is 18.4 Å². The van der Waals surface area contributed by atoms with Crippen molar-refractivity contribution in [3.05, 3.63) is 88.8 Å². The normalized spacial score (nSPS) is 19.7. The van der Waals surface area contributed by atoms with Gasteiger partial charge in [-0.2, -0.15) is 10.2 Å². The Morgan fingerprint density at radius 2 is 1.73 bits per heavy atom. The van der Waals surface area contributed by atoms with Gasteiger partial charge < -0.3 is 9.64 Å². The van der Waals surface area contributed by atoms with Gasteiger partial charge in [-0.1, -0.05) is 18.2 Å². The van der Waals surface area contributed by atoms with Gasteiger partial charge in [0.05, 0.1) is 48.6 Å². The third-order valence-corrected chi connectivity index (χ3v) is 6.66. The lowest BCUT2D eigenvalue weighted by Crippen LogP contribution is -2.45. The third kappa shape index (κ3) is 3.45. The number of fused-ring (bicyclic) bond motifs is 2. The van der Waals surface area contributed by atoms with Gasteiger partial charge in [-0.3, -0.25) is 4.79 Å². The summed E-state index contributed by atoms with van der Waals surface area (Å²) in [5.74, 6) is 0. The second kappa shape index (κ2) is 8.01. The minimum atomic E-state index is -0.136. The third-order valence-electron chi connectivity index (χ3n) is 6.66. The van der Waals surface area contributed by atoms with Gasteiger partial charge in [0.2, 0.25) is 5.43 Å². The molecule has 0 spiro atoms. The number of nitrogens with zero attached hydrogens (tertiary/aromatic N) is 5. The zero-order chi connectivity index (χ0) is 22.4. The molecule has 4 aromatic rings. The maximum absolute atomic E-state index is 12.8. The Morgan fingerprint density at radius 3 is 2.48 bits per heavy atom. The van der Waals surface area contributed by atoms with Gasteiger partial charge in [0.25, 0.3) is 0 Å². The Kier molecular flexibility index (Phi) is 4.84. The van der Waals surface area contributed by atoms with Crippen molar-refractivity contribution in [1.82, 2.24) is 19.6 Å². The number of aromatic nitrogens is 4. The standard InChI is InChI=1S/C26H25N5O2/c1-18-15-20(30-21-7-8-22(30)17-33-16-21)9-10-23(18)29-14-12-25(32)26(28-29)24-11-13-27-31(24)19-5-3-2-4-6-19/h2-6,9-15,21-22H,7-8,16-17H2,1H3. The maximum Gasteiger partial charge on any atom is 0.209 e. The fourth-order valence-electron chi connectivity index (χ4n) is 5.08. The molecule has 2 bridgehead atoms. The number of ether oxygens (including phenoxy) is 1. The van der Waals surface area contributed by atoms with E-state index >= 15 is 0 Å². The van der Waals surface area contributed by atoms with E-state index in [1.54, 1.807) is 27.8 Å². The number of benzene rings is 2. The Hall–Kier alpha value is -3.71. The number of morpholine rings is 1. The summed E-state index contributed by atoms with van der Waals surface area (Å²) in [6.45, 7) is 3.70. The van der Waals surface area contributed by atoms with Crippen LogP contribution in [0.5, 0.6) is 0 Å². The molecule has 0 amide bonds. The molecule has 166 valence electrons. The topological polar surface area (TPSA) is 65.2 Å². The summed E-state index contributed by atoms with van der Waals surface area (Å²) < 4.78 is 9.27. The number of aryl methyl sites for hydroxylation is 1. The molecule has 6 rings (SSSR count). The summed E-state index contributed by atoms with van der Waals surface area (Å²) in [5.41, 5.74) is 5.07. The van der Waals surface area contributed by atoms with Crippen LogP contribution < -0.4 is 10.3 Å². The van der Waals surface area contributed by atoms with Crippen molar-refractivity contribution in [2.75, 3.05) is 18.1 Å². The molecule has 2 aromatic carbocycles. The van der Waals surface area contributed by atoms with E-state index in [2.05, 4.69) is 35.1 Å². The molecule has 0 radical (unpaired) electrons. The van der Waals surface area contributed by atoms with Gasteiger partial charge >= 0.3 is 0 Å². The number of hydrogen-bond acceptors (Lipinski definition) is 5. The van der Waals surface area contributed by atoms with Crippen LogP contribution in [0.2, 0.25) is 0 Å². The van der Waals surface area contributed by atoms with Crippen LogP contribution in [0.25, 0.3) is 22.8 Å². The zero-order valence-corrected chi connectivity index (χ0v) is 18.5. The Morgan fingerprint density at radius 1 is 0.939 bits per heavy atom. The molecular weight excluding hydrogens is 414 g/mol. The first-order chi connectivity index (χ1) is 16.2. The van der Waals surface area contributed by atoms with E-state index in [9.17, 15) is 4.79 Å². The lowest BCUT2D eigenvalue weighted by atomic mass is 10.1. The van der Waals surface area contributed by atoms with E-state index in [4.69, 9.17) is 9.84 Å². The summed E-state index contributed by atoms with van der Waals surface area (Å²) >= 11 is 0. The molecule has 2 saturated heterocycles. The largest absolute Gasteiger partial charge is 0.377 e. The van der Waals surface area contributed by atoms with Crippen molar-refractivity contribution in [3.63, 3.8) is 0 Å². The van der Waals surface area contributed by atoms with E-state index in [0.29, 0.717) is 23.5 Å². The average Bonchev–Trinajstić information content (AvgIpc) is 3.42. The predicted molar refractivity (Wildman–Crippen MR) is 127 cm³/mol. The van der Waals surface area contributed by atoms with Gasteiger partial charge in [0.15, 0.2) is 5.69 Å². The van der Waals surface area contributed by atoms with E-state index in [1.807, 2.05) is 36.4 Å². The van der Waals surface area contributed by atoms with Crippen molar-refractivity contribution >= 4 is 5.69 Å². The van der Waals surface area contributed by atoms with Crippen LogP contribution in [0.4, 0.5) is 5.69 Å². The van der Waals surface area contributed by atoms with Crippen LogP contribution in [0.15, 0.2) is 77.9 Å². The fraction of sp³-hybridized carbons (Fsp3) is 0.269. The molecule has 2 unspecified atom stereocenters. The van der Waals surface area contributed by atoms with Crippen LogP contribution in [-0.4, -0.2) is 44.9 Å². The summed E-state index contributed by atoms with van der Waals surface area (Å²) in [6.07, 6.45) is 5.79. The molecule has 2 fully saturated rings. The van der Waals surface area contributed by atoms with Crippen LogP contribution >= 0.6 is 0 Å². The van der Waals surface area contributed by atoms with E-state index in [1.165, 1.54) is 18.5 Å². The first-order valence-corrected chi connectivity index (χ1v) is 11.4. The molecular formula is C26H25N5O2. The highest BCUT2D eigenvalue weighted by Crippen LogP contribution is 2.35. The minimum Gasteiger partial charge on any atom is -0.377 e. The second-order valence-electron chi connectivity index (χ2n) is 8.74. The van der Waals surface area contributed by atoms with Gasteiger partial charge in [-0.05, 0) is 61.7 Å². The highest BCUT2D eigenvalue weighted by atomic mass is 16.5. The monoisotopic (exact) mass is 439 g/mol. The van der Waals surface area contributed by atoms with Crippen molar-refractivity contribution in [2.45, 2.75) is 31.8 Å². The van der Waals surface area contributed by atoms with Gasteiger partial charge in [0, 0.05) is 18.0 Å². The molecule has 0 saturated carbocycles. The molecule has 2 aromatic heterocycles. The quantitative estimate of drug-likeness (QED) is 0.484. The lowest BCUT2D eigenvalue weighted by Gasteiger charge is -2.37. The van der Waals surface area contributed by atoms with Gasteiger partial charge in [-0.25, -0.2) is 9.36 Å². The minimum absolute atomic E-state index is 0.136. The first kappa shape index (κ1) is 19.9. The summed E-state index contributed by atoms with van der Waals surface area (Å²) in [7, 11) is 0. The van der Waals surface area contributed by atoms with Gasteiger partial charge in [-0.15, -0.1) is 0 Å². The van der Waals surface area contributed by atoms with Crippen molar-refractivity contribution in [1.29, 1.82) is 0 Å². The Bertz CT molecular complexity index is 1340. The summed E-state index contributed by atoms with van der Waals surface area (Å²) in [5, 5.41) is 9.15. The number of rotatable bonds is 4. The summed E-state index contributed by atoms with van der Waals surface area (Å²) in [6, 6.07) is 20.6. The highest BCUT2D eigenvalue weighted by Gasteiger charge is 2.37. The number of anilines is 1. The van der Waals surface area contributed by atoms with Gasteiger partial charge in [0.1, 0.15) is 0 Å². The predicted octanol–water partition coefficient (Wildman–Crippen LogP) is 3.76. The second-order valence-corrected chi connectivity index (χ2v) is 8.74. The highest BCUT2D eigenvalue weighted by molar-refractivity contribution is 5.59. The molecule has 33 heavy (non-hydrogen) atoms. The summed E-state index contributed by atoms with van der Waals surface area (Å²) in [4.78, 5) is 15.3. The molecule has 2 atom stereocenters. The maximum atomic E-state index is 12.8. The van der Waals surface area contributed by atoms with Crippen molar-refractivity contribution in [2.24, 2.45) is 0 Å². The molecule has 0 N–H and O–H groups in total. The number of para-hydroxylation sites is 1. The molecule has 2 aliphatic heterocycles. The van der Waals surface area contributed by atoms with Crippen LogP contribution in [-0.2, 0) is 4.74 Å². The molecule has 2 aliphatic rings. The first-order valence-electron chi connectivity index (χ1n) is 11.4.